The topological polar surface area (TPSA) is 60.8 Å². The summed E-state index contributed by atoms with van der Waals surface area (Å²) in [6.45, 7) is 1.90. The maximum absolute atomic E-state index is 12.2. The molecule has 1 aromatic rings. The van der Waals surface area contributed by atoms with Crippen LogP contribution >= 0.6 is 0 Å². The number of benzene rings is 1. The third-order valence-corrected chi connectivity index (χ3v) is 7.20. The van der Waals surface area contributed by atoms with Crippen molar-refractivity contribution in [3.63, 3.8) is 0 Å². The van der Waals surface area contributed by atoms with Crippen molar-refractivity contribution in [3.05, 3.63) is 59.7 Å². The van der Waals surface area contributed by atoms with E-state index in [2.05, 4.69) is 6.08 Å². The molecule has 0 aromatic heterocycles. The summed E-state index contributed by atoms with van der Waals surface area (Å²) in [5.41, 5.74) is 2.37. The second kappa shape index (κ2) is 9.93. The molecule has 1 saturated carbocycles. The average Bonchev–Trinajstić information content (AvgIpc) is 3.47. The molecule has 4 heteroatoms. The van der Waals surface area contributed by atoms with Gasteiger partial charge in [0.15, 0.2) is 0 Å². The minimum Gasteiger partial charge on any atom is -0.392 e. The number of allylic oxidation sites excluding steroid dienone is 2. The zero-order valence-electron chi connectivity index (χ0n) is 17.8. The first-order chi connectivity index (χ1) is 14.6. The van der Waals surface area contributed by atoms with Crippen LogP contribution in [0.1, 0.15) is 63.0 Å². The highest BCUT2D eigenvalue weighted by atomic mass is 16.3. The number of likely N-dealkylation sites (tertiary alicyclic amines) is 1. The molecule has 2 aliphatic carbocycles. The molecule has 1 aliphatic heterocycles. The van der Waals surface area contributed by atoms with E-state index < -0.39 is 6.10 Å². The van der Waals surface area contributed by atoms with Gasteiger partial charge in [-0.25, -0.2) is 0 Å². The molecule has 2 fully saturated rings. The lowest BCUT2D eigenvalue weighted by molar-refractivity contribution is -0.130. The van der Waals surface area contributed by atoms with Crippen molar-refractivity contribution in [3.8, 4) is 0 Å². The van der Waals surface area contributed by atoms with E-state index in [4.69, 9.17) is 0 Å². The Hall–Kier alpha value is -1.91. The fourth-order valence-corrected chi connectivity index (χ4v) is 5.54. The van der Waals surface area contributed by atoms with Crippen LogP contribution in [0.3, 0.4) is 0 Å². The zero-order chi connectivity index (χ0) is 20.9. The van der Waals surface area contributed by atoms with Crippen molar-refractivity contribution in [1.29, 1.82) is 0 Å². The number of amides is 1. The van der Waals surface area contributed by atoms with Gasteiger partial charge >= 0.3 is 0 Å². The van der Waals surface area contributed by atoms with Gasteiger partial charge in [0, 0.05) is 25.4 Å². The van der Waals surface area contributed by atoms with E-state index >= 15 is 0 Å². The summed E-state index contributed by atoms with van der Waals surface area (Å²) in [6.07, 6.45) is 13.3. The lowest BCUT2D eigenvalue weighted by atomic mass is 9.88. The van der Waals surface area contributed by atoms with Crippen molar-refractivity contribution in [1.82, 2.24) is 4.90 Å². The van der Waals surface area contributed by atoms with Crippen LogP contribution in [0, 0.1) is 17.8 Å². The van der Waals surface area contributed by atoms with Crippen molar-refractivity contribution >= 4 is 5.91 Å². The monoisotopic (exact) mass is 409 g/mol. The molecule has 4 nitrogen and oxygen atoms in total. The number of aliphatic hydroxyl groups is 2. The first-order valence-electron chi connectivity index (χ1n) is 11.7. The molecule has 4 rings (SSSR count). The first kappa shape index (κ1) is 21.3. The van der Waals surface area contributed by atoms with Gasteiger partial charge in [0.25, 0.3) is 0 Å². The van der Waals surface area contributed by atoms with E-state index in [1.165, 1.54) is 5.57 Å². The Kier molecular flexibility index (Phi) is 7.06. The van der Waals surface area contributed by atoms with Gasteiger partial charge in [-0.2, -0.15) is 0 Å². The van der Waals surface area contributed by atoms with Gasteiger partial charge in [-0.3, -0.25) is 4.79 Å². The fraction of sp³-hybridized carbons (Fsp3) is 0.577. The highest BCUT2D eigenvalue weighted by Gasteiger charge is 2.43. The molecule has 0 spiro atoms. The largest absolute Gasteiger partial charge is 0.392 e. The number of rotatable bonds is 8. The third kappa shape index (κ3) is 5.04. The van der Waals surface area contributed by atoms with E-state index in [-0.39, 0.29) is 12.0 Å². The standard InChI is InChI=1S/C26H35NO3/c28-24(20-9-2-1-3-10-20)13-12-22-23-17-19(16-21(23)18-25(22)29)8-4-5-11-26(30)27-14-6-7-15-27/h1-3,9-10,12-13,16,21-25,28-29H,4-8,11,14-15,17-18H2/t21-,22+,23-,24+,25+/m0/s1. The second-order valence-corrected chi connectivity index (χ2v) is 9.27. The van der Waals surface area contributed by atoms with Crippen LogP contribution in [-0.2, 0) is 4.79 Å². The molecule has 1 saturated heterocycles. The van der Waals surface area contributed by atoms with Crippen LogP contribution in [0.5, 0.6) is 0 Å². The van der Waals surface area contributed by atoms with Crippen LogP contribution in [0.2, 0.25) is 0 Å². The van der Waals surface area contributed by atoms with Crippen LogP contribution in [0.25, 0.3) is 0 Å². The van der Waals surface area contributed by atoms with Crippen LogP contribution in [-0.4, -0.2) is 40.2 Å². The fourth-order valence-electron chi connectivity index (χ4n) is 5.54. The predicted octanol–water partition coefficient (Wildman–Crippen LogP) is 4.40. The molecular weight excluding hydrogens is 374 g/mol. The van der Waals surface area contributed by atoms with Gasteiger partial charge in [0.2, 0.25) is 5.91 Å². The number of fused-ring (bicyclic) bond motifs is 1. The van der Waals surface area contributed by atoms with Crippen LogP contribution in [0.15, 0.2) is 54.1 Å². The van der Waals surface area contributed by atoms with E-state index in [1.807, 2.05) is 47.4 Å². The van der Waals surface area contributed by atoms with Gasteiger partial charge in [-0.05, 0) is 62.3 Å². The maximum atomic E-state index is 12.2. The summed E-state index contributed by atoms with van der Waals surface area (Å²) >= 11 is 0. The normalized spacial score (nSPS) is 29.4. The molecule has 0 radical (unpaired) electrons. The van der Waals surface area contributed by atoms with Crippen LogP contribution in [0.4, 0.5) is 0 Å². The molecule has 1 aromatic carbocycles. The van der Waals surface area contributed by atoms with Crippen LogP contribution < -0.4 is 0 Å². The average molecular weight is 410 g/mol. The number of aliphatic hydroxyl groups excluding tert-OH is 2. The summed E-state index contributed by atoms with van der Waals surface area (Å²) in [7, 11) is 0. The molecule has 1 amide bonds. The number of unbranched alkanes of at least 4 members (excludes halogenated alkanes) is 1. The third-order valence-electron chi connectivity index (χ3n) is 7.20. The maximum Gasteiger partial charge on any atom is 0.222 e. The summed E-state index contributed by atoms with van der Waals surface area (Å²) in [4.78, 5) is 14.2. The predicted molar refractivity (Wildman–Crippen MR) is 119 cm³/mol. The highest BCUT2D eigenvalue weighted by molar-refractivity contribution is 5.76. The smallest absolute Gasteiger partial charge is 0.222 e. The van der Waals surface area contributed by atoms with Gasteiger partial charge in [-0.1, -0.05) is 54.1 Å². The summed E-state index contributed by atoms with van der Waals surface area (Å²) in [5.74, 6) is 1.33. The lowest BCUT2D eigenvalue weighted by Gasteiger charge is -2.19. The highest BCUT2D eigenvalue weighted by Crippen LogP contribution is 2.48. The zero-order valence-corrected chi connectivity index (χ0v) is 17.8. The minimum atomic E-state index is -0.626. The second-order valence-electron chi connectivity index (χ2n) is 9.27. The molecule has 162 valence electrons. The summed E-state index contributed by atoms with van der Waals surface area (Å²) in [5, 5.41) is 21.0. The van der Waals surface area contributed by atoms with E-state index in [0.29, 0.717) is 24.2 Å². The number of nitrogens with zero attached hydrogens (tertiary/aromatic N) is 1. The van der Waals surface area contributed by atoms with E-state index in [0.717, 1.165) is 63.6 Å². The van der Waals surface area contributed by atoms with Gasteiger partial charge in [0.05, 0.1) is 12.2 Å². The summed E-state index contributed by atoms with van der Waals surface area (Å²) < 4.78 is 0. The molecule has 3 aliphatic rings. The lowest BCUT2D eigenvalue weighted by Crippen LogP contribution is -2.27. The van der Waals surface area contributed by atoms with Crippen molar-refractivity contribution in [2.24, 2.45) is 17.8 Å². The Bertz CT molecular complexity index is 766. The Morgan fingerprint density at radius 2 is 1.93 bits per heavy atom. The Balaban J connectivity index is 1.23. The molecule has 2 N–H and O–H groups in total. The Morgan fingerprint density at radius 3 is 2.70 bits per heavy atom. The quantitative estimate of drug-likeness (QED) is 0.494. The van der Waals surface area contributed by atoms with E-state index in [9.17, 15) is 15.0 Å². The Labute approximate surface area is 180 Å². The number of carbonyl (C=O) groups excluding carboxylic acids is 1. The molecule has 30 heavy (non-hydrogen) atoms. The van der Waals surface area contributed by atoms with Gasteiger partial charge in [0.1, 0.15) is 0 Å². The summed E-state index contributed by atoms with van der Waals surface area (Å²) in [6, 6.07) is 9.65. The van der Waals surface area contributed by atoms with Crippen molar-refractivity contribution < 1.29 is 15.0 Å². The molecular formula is C26H35NO3. The molecule has 0 unspecified atom stereocenters. The van der Waals surface area contributed by atoms with Crippen molar-refractivity contribution in [2.45, 2.75) is 63.6 Å². The first-order valence-corrected chi connectivity index (χ1v) is 11.7. The molecule has 5 atom stereocenters. The van der Waals surface area contributed by atoms with Crippen molar-refractivity contribution in [2.75, 3.05) is 13.1 Å². The number of hydrogen-bond acceptors (Lipinski definition) is 3. The van der Waals surface area contributed by atoms with E-state index in [1.54, 1.807) is 0 Å². The number of hydrogen-bond donors (Lipinski definition) is 2. The molecule has 0 bridgehead atoms. The number of carbonyl (C=O) groups is 1. The van der Waals surface area contributed by atoms with Gasteiger partial charge in [-0.15, -0.1) is 0 Å². The van der Waals surface area contributed by atoms with Gasteiger partial charge < -0.3 is 15.1 Å². The SMILES string of the molecule is O=C(CCCCC1=C[C@H]2C[C@@H](O)[C@H](C=C[C@@H](O)c3ccccc3)[C@H]2C1)N1CCCC1. The molecule has 1 heterocycles. The Morgan fingerprint density at radius 1 is 1.17 bits per heavy atom. The minimum absolute atomic E-state index is 0.110.